The summed E-state index contributed by atoms with van der Waals surface area (Å²) in [5.74, 6) is -4.90. The maximum Gasteiger partial charge on any atom is 1.00 e. The smallest absolute Gasteiger partial charge is 0.390 e. The minimum Gasteiger partial charge on any atom is -0.390 e. The predicted molar refractivity (Wildman–Crippen MR) is 154 cm³/mol. The summed E-state index contributed by atoms with van der Waals surface area (Å²) in [7, 11) is 1.45. The molecule has 0 unspecified atom stereocenters. The van der Waals surface area contributed by atoms with Crippen LogP contribution in [0.5, 0.6) is 0 Å². The van der Waals surface area contributed by atoms with Crippen molar-refractivity contribution in [3.05, 3.63) is 41.9 Å². The maximum atomic E-state index is 13.6. The first kappa shape index (κ1) is 35.0. The molecule has 5 aliphatic heterocycles. The van der Waals surface area contributed by atoms with E-state index in [0.29, 0.717) is 13.0 Å². The minimum absolute atomic E-state index is 0. The molecule has 4 fully saturated rings. The van der Waals surface area contributed by atoms with Gasteiger partial charge in [-0.15, -0.1) is 6.08 Å². The second-order valence-electron chi connectivity index (χ2n) is 12.7. The number of allylic oxidation sites excluding steroid dienone is 3. The molecular weight excluding hydrogens is 579 g/mol. The molecule has 11 atom stereocenters. The first-order chi connectivity index (χ1) is 20.2. The SMILES string of the molecule is CNC(=O)[C@@H](C)[C@H]1C(=O)[C-](C(=O)/C=C/C(C)=C/[C@@H](C)[C@H]2O[C@@]3(C)O[C@H](C=C[C@@]34CO4)[C@@H]2C)C(=O)N1[C@@H]1CC[C@H](O)[C@H](C)O1.[Na+]. The molecule has 1 spiro atoms. The zero-order valence-electron chi connectivity index (χ0n) is 26.9. The number of carbonyl (C=O) groups excluding carboxylic acids is 4. The molecule has 2 amide bonds. The summed E-state index contributed by atoms with van der Waals surface area (Å²) in [6.45, 7) is 11.6. The third-order valence-electron chi connectivity index (χ3n) is 9.66. The number of epoxide rings is 1. The van der Waals surface area contributed by atoms with Crippen LogP contribution in [0.2, 0.25) is 0 Å². The molecular formula is C32H43N2NaO9. The number of nitrogens with zero attached hydrogens (tertiary/aromatic N) is 1. The summed E-state index contributed by atoms with van der Waals surface area (Å²) >= 11 is 0. The Morgan fingerprint density at radius 1 is 1.18 bits per heavy atom. The number of likely N-dealkylation sites (tertiary alicyclic amines) is 1. The van der Waals surface area contributed by atoms with Crippen molar-refractivity contribution in [3.8, 4) is 0 Å². The van der Waals surface area contributed by atoms with Gasteiger partial charge in [0.25, 0.3) is 0 Å². The number of fused-ring (bicyclic) bond motifs is 3. The van der Waals surface area contributed by atoms with Crippen LogP contribution in [-0.2, 0) is 38.1 Å². The van der Waals surface area contributed by atoms with Crippen molar-refractivity contribution in [1.29, 1.82) is 0 Å². The Balaban J connectivity index is 0.00000442. The average Bonchev–Trinajstić information content (AvgIpc) is 3.71. The summed E-state index contributed by atoms with van der Waals surface area (Å²) in [6.07, 6.45) is 7.13. The number of amides is 2. The van der Waals surface area contributed by atoms with E-state index in [1.54, 1.807) is 19.9 Å². The van der Waals surface area contributed by atoms with Crippen molar-refractivity contribution in [3.63, 3.8) is 0 Å². The summed E-state index contributed by atoms with van der Waals surface area (Å²) in [4.78, 5) is 54.3. The zero-order valence-corrected chi connectivity index (χ0v) is 28.9. The van der Waals surface area contributed by atoms with Crippen LogP contribution in [0.4, 0.5) is 0 Å². The van der Waals surface area contributed by atoms with Gasteiger partial charge < -0.3 is 43.9 Å². The van der Waals surface area contributed by atoms with Gasteiger partial charge in [0.05, 0.1) is 43.0 Å². The summed E-state index contributed by atoms with van der Waals surface area (Å²) in [5.41, 5.74) is 0.210. The number of Topliss-reactive ketones (excluding diaryl/α,β-unsaturated/α-hetero) is 1. The third-order valence-corrected chi connectivity index (χ3v) is 9.66. The molecule has 4 saturated heterocycles. The monoisotopic (exact) mass is 622 g/mol. The van der Waals surface area contributed by atoms with E-state index in [1.807, 2.05) is 39.0 Å². The van der Waals surface area contributed by atoms with Crippen LogP contribution in [0.25, 0.3) is 0 Å². The number of hydrogen-bond acceptors (Lipinski definition) is 9. The fourth-order valence-corrected chi connectivity index (χ4v) is 6.81. The van der Waals surface area contributed by atoms with Crippen LogP contribution in [0, 0.1) is 23.7 Å². The molecule has 0 saturated carbocycles. The number of nitrogens with one attached hydrogen (secondary N) is 1. The number of carbonyl (C=O) groups is 4. The number of ether oxygens (including phenoxy) is 4. The summed E-state index contributed by atoms with van der Waals surface area (Å²) in [5, 5.41) is 12.6. The van der Waals surface area contributed by atoms with E-state index in [-0.39, 0.29) is 60.0 Å². The van der Waals surface area contributed by atoms with Crippen LogP contribution >= 0.6 is 0 Å². The molecule has 2 N–H and O–H groups in total. The Morgan fingerprint density at radius 3 is 2.48 bits per heavy atom. The van der Waals surface area contributed by atoms with Crippen molar-refractivity contribution in [2.45, 2.75) is 102 Å². The summed E-state index contributed by atoms with van der Waals surface area (Å²) < 4.78 is 24.3. The van der Waals surface area contributed by atoms with Gasteiger partial charge in [-0.05, 0) is 45.6 Å². The minimum atomic E-state index is -1.19. The van der Waals surface area contributed by atoms with E-state index in [0.717, 1.165) is 5.57 Å². The molecule has 0 radical (unpaired) electrons. The van der Waals surface area contributed by atoms with Gasteiger partial charge >= 0.3 is 29.6 Å². The quantitative estimate of drug-likeness (QED) is 0.0852. The molecule has 11 nitrogen and oxygen atoms in total. The van der Waals surface area contributed by atoms with Gasteiger partial charge in [0.2, 0.25) is 11.7 Å². The first-order valence-corrected chi connectivity index (χ1v) is 15.1. The number of aliphatic hydroxyl groups is 1. The van der Waals surface area contributed by atoms with Gasteiger partial charge in [-0.1, -0.05) is 38.5 Å². The van der Waals surface area contributed by atoms with Crippen LogP contribution < -0.4 is 34.9 Å². The fourth-order valence-electron chi connectivity index (χ4n) is 6.81. The number of ketones is 2. The molecule has 12 heteroatoms. The van der Waals surface area contributed by atoms with Crippen LogP contribution in [0.15, 0.2) is 36.0 Å². The van der Waals surface area contributed by atoms with Crippen LogP contribution in [-0.4, -0.2) is 95.1 Å². The molecule has 0 aromatic rings. The van der Waals surface area contributed by atoms with Gasteiger partial charge in [0.1, 0.15) is 12.0 Å². The Hall–Kier alpha value is -1.83. The van der Waals surface area contributed by atoms with Gasteiger partial charge in [0, 0.05) is 24.7 Å². The Bertz CT molecular complexity index is 1260. The van der Waals surface area contributed by atoms with Gasteiger partial charge in [-0.2, -0.15) is 6.08 Å². The topological polar surface area (TPSA) is 144 Å². The molecule has 0 aliphatic carbocycles. The van der Waals surface area contributed by atoms with E-state index in [1.165, 1.54) is 18.0 Å². The zero-order chi connectivity index (χ0) is 31.4. The van der Waals surface area contributed by atoms with E-state index < -0.39 is 71.1 Å². The predicted octanol–water partition coefficient (Wildman–Crippen LogP) is -1.20. The molecule has 5 heterocycles. The summed E-state index contributed by atoms with van der Waals surface area (Å²) in [6, 6.07) is -1.19. The number of hydrogen-bond donors (Lipinski definition) is 2. The average molecular weight is 623 g/mol. The molecule has 0 aromatic carbocycles. The molecule has 44 heavy (non-hydrogen) atoms. The molecule has 5 rings (SSSR count). The normalized spacial score (nSPS) is 39.8. The number of rotatable bonds is 8. The van der Waals surface area contributed by atoms with Crippen LogP contribution in [0.1, 0.15) is 54.4 Å². The van der Waals surface area contributed by atoms with Crippen molar-refractivity contribution in [2.75, 3.05) is 13.7 Å². The molecule has 236 valence electrons. The van der Waals surface area contributed by atoms with Gasteiger partial charge in [0.15, 0.2) is 11.5 Å². The number of aliphatic hydroxyl groups excluding tert-OH is 1. The standard InChI is InChI=1S/C32H43N2O9.Na/c1-16(14-17(2)28-18(3)23-12-13-32(15-40-32)31(6,42-23)43-28)8-9-22(36)25-27(37)26(19(4)29(38)33-7)34(30(25)39)24-11-10-21(35)20(5)41-24;/h8-9,12-14,17-21,23-24,26,28,35H,10-11,15H2,1-7H3,(H,33,38);/q-1;+1/b9-8+,16-14+;/t17-,18+,19+,20+,21+,23-,24+,26+,28-,31-,32-;/m1./s1. The van der Waals surface area contributed by atoms with E-state index in [2.05, 4.69) is 12.2 Å². The third kappa shape index (κ3) is 6.14. The van der Waals surface area contributed by atoms with Gasteiger partial charge in [-0.25, -0.2) is 0 Å². The van der Waals surface area contributed by atoms with E-state index in [9.17, 15) is 24.3 Å². The Labute approximate surface area is 281 Å². The molecule has 2 bridgehead atoms. The van der Waals surface area contributed by atoms with Crippen molar-refractivity contribution < 1.29 is 72.8 Å². The molecule has 0 aromatic heterocycles. The van der Waals surface area contributed by atoms with E-state index in [4.69, 9.17) is 18.9 Å². The fraction of sp³-hybridized carbons (Fsp3) is 0.656. The second kappa shape index (κ2) is 13.1. The van der Waals surface area contributed by atoms with Crippen LogP contribution in [0.3, 0.4) is 0 Å². The van der Waals surface area contributed by atoms with Gasteiger partial charge in [-0.3, -0.25) is 9.59 Å². The molecule has 5 aliphatic rings. The Morgan fingerprint density at radius 2 is 1.86 bits per heavy atom. The second-order valence-corrected chi connectivity index (χ2v) is 12.7. The first-order valence-electron chi connectivity index (χ1n) is 15.1. The Kier molecular flexibility index (Phi) is 10.4. The maximum absolute atomic E-state index is 13.6. The van der Waals surface area contributed by atoms with Crippen molar-refractivity contribution in [1.82, 2.24) is 10.2 Å². The van der Waals surface area contributed by atoms with E-state index >= 15 is 0 Å². The largest absolute Gasteiger partial charge is 1.00 e. The van der Waals surface area contributed by atoms with Crippen molar-refractivity contribution >= 4 is 23.4 Å². The van der Waals surface area contributed by atoms with Crippen molar-refractivity contribution in [2.24, 2.45) is 17.8 Å².